The van der Waals surface area contributed by atoms with Crippen molar-refractivity contribution in [3.05, 3.63) is 83.9 Å². The van der Waals surface area contributed by atoms with Crippen molar-refractivity contribution in [1.29, 1.82) is 0 Å². The van der Waals surface area contributed by atoms with Crippen LogP contribution in [0, 0.1) is 5.92 Å². The first-order valence-electron chi connectivity index (χ1n) is 19.9. The predicted molar refractivity (Wildman–Crippen MR) is 227 cm³/mol. The number of carboxylic acid groups (broad SMARTS) is 1. The summed E-state index contributed by atoms with van der Waals surface area (Å²) in [7, 11) is 0. The van der Waals surface area contributed by atoms with Crippen molar-refractivity contribution < 1.29 is 53.7 Å². The van der Waals surface area contributed by atoms with Gasteiger partial charge in [-0.3, -0.25) is 33.6 Å². The van der Waals surface area contributed by atoms with E-state index in [9.17, 15) is 53.7 Å². The summed E-state index contributed by atoms with van der Waals surface area (Å²) < 4.78 is 0. The first-order valence-corrected chi connectivity index (χ1v) is 19.9. The molecule has 7 amide bonds. The summed E-state index contributed by atoms with van der Waals surface area (Å²) in [5, 5.41) is 46.3. The van der Waals surface area contributed by atoms with Crippen LogP contribution in [0.15, 0.2) is 72.8 Å². The molecule has 0 saturated carbocycles. The fourth-order valence-corrected chi connectivity index (χ4v) is 5.86. The van der Waals surface area contributed by atoms with Crippen molar-refractivity contribution >= 4 is 47.3 Å². The Bertz CT molecular complexity index is 2040. The van der Waals surface area contributed by atoms with Gasteiger partial charge in [0.05, 0.1) is 19.1 Å². The summed E-state index contributed by atoms with van der Waals surface area (Å²) in [6.45, 7) is 6.54. The van der Waals surface area contributed by atoms with Gasteiger partial charge in [0.2, 0.25) is 41.4 Å². The monoisotopic (exact) mass is 860 g/mol. The summed E-state index contributed by atoms with van der Waals surface area (Å²) >= 11 is 0. The number of carboxylic acids is 1. The van der Waals surface area contributed by atoms with E-state index in [1.165, 1.54) is 45.0 Å². The molecule has 19 nitrogen and oxygen atoms in total. The predicted octanol–water partition coefficient (Wildman–Crippen LogP) is -0.276. The molecule has 0 fully saturated rings. The number of aliphatic carboxylic acids is 1. The third kappa shape index (κ3) is 16.6. The van der Waals surface area contributed by atoms with Crippen LogP contribution >= 0.6 is 0 Å². The van der Waals surface area contributed by atoms with Gasteiger partial charge in [0.1, 0.15) is 41.7 Å². The molecule has 3 aromatic rings. The molecule has 0 bridgehead atoms. The number of carbonyl (C=O) groups excluding carboxylic acids is 7. The summed E-state index contributed by atoms with van der Waals surface area (Å²) in [5.41, 5.74) is 8.33. The first-order chi connectivity index (χ1) is 29.2. The van der Waals surface area contributed by atoms with E-state index in [1.54, 1.807) is 62.4 Å². The first kappa shape index (κ1) is 49.3. The largest absolute Gasteiger partial charge is 0.508 e. The van der Waals surface area contributed by atoms with Gasteiger partial charge in [-0.25, -0.2) is 4.79 Å². The Morgan fingerprint density at radius 1 is 0.500 bits per heavy atom. The van der Waals surface area contributed by atoms with Crippen molar-refractivity contribution in [2.24, 2.45) is 11.7 Å². The van der Waals surface area contributed by atoms with Gasteiger partial charge in [0.15, 0.2) is 0 Å². The molecule has 0 aliphatic heterocycles. The highest BCUT2D eigenvalue weighted by Crippen LogP contribution is 2.23. The van der Waals surface area contributed by atoms with Crippen LogP contribution in [0.25, 0.3) is 11.1 Å². The van der Waals surface area contributed by atoms with Crippen molar-refractivity contribution in [2.45, 2.75) is 90.1 Å². The number of nitrogens with one attached hydrogen (secondary N) is 7. The molecular formula is C43H56N8O11. The number of aromatic hydroxyl groups is 2. The molecule has 19 heteroatoms. The van der Waals surface area contributed by atoms with E-state index in [1.807, 2.05) is 0 Å². The lowest BCUT2D eigenvalue weighted by molar-refractivity contribution is -0.142. The number of phenols is 2. The number of rotatable bonds is 22. The van der Waals surface area contributed by atoms with Crippen molar-refractivity contribution in [1.82, 2.24) is 37.2 Å². The number of nitrogens with two attached hydrogens (primary N) is 1. The number of hydrogen-bond donors (Lipinski definition) is 11. The highest BCUT2D eigenvalue weighted by Gasteiger charge is 2.29. The maximum absolute atomic E-state index is 13.5. The number of benzene rings is 3. The van der Waals surface area contributed by atoms with Crippen LogP contribution in [0.4, 0.5) is 0 Å². The van der Waals surface area contributed by atoms with Crippen LogP contribution in [0.3, 0.4) is 0 Å². The molecule has 0 spiro atoms. The van der Waals surface area contributed by atoms with E-state index in [0.717, 1.165) is 11.1 Å². The van der Waals surface area contributed by atoms with Gasteiger partial charge in [0, 0.05) is 12.8 Å². The highest BCUT2D eigenvalue weighted by atomic mass is 16.4. The maximum atomic E-state index is 13.5. The number of phenolic OH excluding ortho intramolecular Hbond substituents is 2. The summed E-state index contributed by atoms with van der Waals surface area (Å²) in [4.78, 5) is 102. The molecule has 0 radical (unpaired) electrons. The molecule has 0 aliphatic carbocycles. The number of carbonyl (C=O) groups is 8. The smallest absolute Gasteiger partial charge is 0.326 e. The number of amides is 7. The summed E-state index contributed by atoms with van der Waals surface area (Å²) in [6.07, 6.45) is 0.00642. The van der Waals surface area contributed by atoms with Gasteiger partial charge in [-0.2, -0.15) is 0 Å². The minimum atomic E-state index is -1.28. The normalized spacial score (nSPS) is 13.8. The Labute approximate surface area is 359 Å². The lowest BCUT2D eigenvalue weighted by Crippen LogP contribution is -2.57. The molecular weight excluding hydrogens is 805 g/mol. The van der Waals surface area contributed by atoms with E-state index >= 15 is 0 Å². The van der Waals surface area contributed by atoms with Gasteiger partial charge < -0.3 is 58.3 Å². The maximum Gasteiger partial charge on any atom is 0.326 e. The molecule has 0 heterocycles. The van der Waals surface area contributed by atoms with Crippen molar-refractivity contribution in [3.63, 3.8) is 0 Å². The van der Waals surface area contributed by atoms with Gasteiger partial charge in [0.25, 0.3) is 0 Å². The minimum Gasteiger partial charge on any atom is -0.508 e. The molecule has 0 unspecified atom stereocenters. The zero-order valence-electron chi connectivity index (χ0n) is 35.2. The molecule has 3 aromatic carbocycles. The quantitative estimate of drug-likeness (QED) is 0.0622. The molecule has 0 aromatic heterocycles. The summed E-state index contributed by atoms with van der Waals surface area (Å²) in [5.74, 6) is -6.43. The third-order valence-electron chi connectivity index (χ3n) is 9.36. The fraction of sp³-hybridized carbons (Fsp3) is 0.395. The van der Waals surface area contributed by atoms with Crippen LogP contribution < -0.4 is 43.0 Å². The lowest BCUT2D eigenvalue weighted by atomic mass is 9.99. The summed E-state index contributed by atoms with van der Waals surface area (Å²) in [6, 6.07) is 12.6. The van der Waals surface area contributed by atoms with Crippen LogP contribution in [-0.2, 0) is 51.2 Å². The highest BCUT2D eigenvalue weighted by molar-refractivity contribution is 5.96. The number of hydrogen-bond acceptors (Lipinski definition) is 11. The fourth-order valence-electron chi connectivity index (χ4n) is 5.86. The molecule has 0 aliphatic rings. The van der Waals surface area contributed by atoms with Gasteiger partial charge in [-0.05, 0) is 79.6 Å². The Hall–Kier alpha value is -7.02. The van der Waals surface area contributed by atoms with Crippen molar-refractivity contribution in [3.8, 4) is 22.6 Å². The molecule has 0 saturated heterocycles. The van der Waals surface area contributed by atoms with E-state index in [0.29, 0.717) is 11.1 Å². The second-order valence-corrected chi connectivity index (χ2v) is 15.3. The Morgan fingerprint density at radius 2 is 0.919 bits per heavy atom. The van der Waals surface area contributed by atoms with Gasteiger partial charge in [-0.1, -0.05) is 62.4 Å². The minimum absolute atomic E-state index is 0.0367. The van der Waals surface area contributed by atoms with Crippen LogP contribution in [0.2, 0.25) is 0 Å². The van der Waals surface area contributed by atoms with Gasteiger partial charge in [-0.15, -0.1) is 0 Å². The van der Waals surface area contributed by atoms with E-state index in [2.05, 4.69) is 37.2 Å². The average molecular weight is 861 g/mol. The zero-order valence-corrected chi connectivity index (χ0v) is 35.2. The second kappa shape index (κ2) is 23.7. The molecule has 12 N–H and O–H groups in total. The van der Waals surface area contributed by atoms with E-state index in [4.69, 9.17) is 5.73 Å². The molecule has 62 heavy (non-hydrogen) atoms. The molecule has 334 valence electrons. The van der Waals surface area contributed by atoms with E-state index in [-0.39, 0.29) is 36.7 Å². The lowest BCUT2D eigenvalue weighted by Gasteiger charge is -2.23. The van der Waals surface area contributed by atoms with Gasteiger partial charge >= 0.3 is 5.97 Å². The zero-order chi connectivity index (χ0) is 46.1. The van der Waals surface area contributed by atoms with Crippen LogP contribution in [0.5, 0.6) is 11.5 Å². The molecule has 6 atom stereocenters. The van der Waals surface area contributed by atoms with Crippen LogP contribution in [-0.4, -0.2) is 112 Å². The third-order valence-corrected chi connectivity index (χ3v) is 9.36. The standard InChI is InChI=1S/C43H56N8O11/c1-23(2)18-35(43(61)62)51-42(60)34(20-27-6-10-29(11-7-27)30-12-16-32(53)17-13-30)49-37(55)22-45-36(54)21-46-41(59)33(19-28-8-14-31(52)15-9-28)50-40(58)26(5)48-39(57)25(4)47-38(56)24(3)44/h6-17,23-26,33-35,52-53H,18-22,44H2,1-5H3,(H,45,54)(H,46,59)(H,47,56)(H,48,57)(H,49,55)(H,50,58)(H,51,60)(H,61,62)/t24-,25-,26-,33-,34-,35-/m0/s1. The van der Waals surface area contributed by atoms with E-state index < -0.39 is 96.7 Å². The van der Waals surface area contributed by atoms with Crippen LogP contribution in [0.1, 0.15) is 52.2 Å². The average Bonchev–Trinajstić information content (AvgIpc) is 3.22. The van der Waals surface area contributed by atoms with Crippen molar-refractivity contribution in [2.75, 3.05) is 13.1 Å². The SMILES string of the molecule is CC(C)C[C@H](NC(=O)[C@H](Cc1ccc(-c2ccc(O)cc2)cc1)NC(=O)CNC(=O)CNC(=O)[C@H](Cc1ccc(O)cc1)NC(=O)[C@H](C)NC(=O)[C@H](C)NC(=O)[C@H](C)N)C(=O)O. The second-order valence-electron chi connectivity index (χ2n) is 15.3. The Kier molecular flexibility index (Phi) is 18.9. The Morgan fingerprint density at radius 3 is 1.42 bits per heavy atom. The Balaban J connectivity index is 1.65. The topological polar surface area (TPSA) is 307 Å². The molecule has 3 rings (SSSR count).